The van der Waals surface area contributed by atoms with Gasteiger partial charge in [-0.1, -0.05) is 48.5 Å². The van der Waals surface area contributed by atoms with Gasteiger partial charge in [-0.2, -0.15) is 0 Å². The van der Waals surface area contributed by atoms with Crippen LogP contribution in [0.2, 0.25) is 0 Å². The first kappa shape index (κ1) is 39.4. The van der Waals surface area contributed by atoms with Crippen LogP contribution in [-0.2, 0) is 24.2 Å². The molecule has 0 saturated heterocycles. The fraction of sp³-hybridized carbons (Fsp3) is 0.396. The molecule has 9 rings (SSSR count). The number of carbonyl (C=O) groups excluding carboxylic acids is 1. The number of rotatable bonds is 14. The number of ketones is 1. The highest BCUT2D eigenvalue weighted by Crippen LogP contribution is 2.64. The van der Waals surface area contributed by atoms with Crippen molar-refractivity contribution in [3.05, 3.63) is 124 Å². The van der Waals surface area contributed by atoms with Gasteiger partial charge in [0.25, 0.3) is 0 Å². The van der Waals surface area contributed by atoms with Gasteiger partial charge >= 0.3 is 0 Å². The molecule has 0 radical (unpaired) electrons. The molecule has 0 spiro atoms. The van der Waals surface area contributed by atoms with Gasteiger partial charge in [0, 0.05) is 30.7 Å². The Kier molecular flexibility index (Phi) is 11.4. The highest BCUT2D eigenvalue weighted by atomic mass is 16.5. The Balaban J connectivity index is 1.19. The first-order chi connectivity index (χ1) is 28.1. The second-order valence-electron chi connectivity index (χ2n) is 16.6. The van der Waals surface area contributed by atoms with Gasteiger partial charge in [0.1, 0.15) is 36.5 Å². The molecular formula is C48H53N2O8+. The average molecular weight is 786 g/mol. The van der Waals surface area contributed by atoms with Gasteiger partial charge in [-0.15, -0.1) is 4.99 Å². The molecule has 4 aromatic rings. The summed E-state index contributed by atoms with van der Waals surface area (Å²) < 4.78 is 11.8. The van der Waals surface area contributed by atoms with Gasteiger partial charge in [-0.05, 0) is 127 Å². The molecule has 2 saturated carbocycles. The van der Waals surface area contributed by atoms with Crippen LogP contribution < -0.4 is 15.2 Å². The first-order valence-corrected chi connectivity index (χ1v) is 20.6. The van der Waals surface area contributed by atoms with Crippen molar-refractivity contribution in [2.24, 2.45) is 40.3 Å². The Morgan fingerprint density at radius 3 is 2.43 bits per heavy atom. The van der Waals surface area contributed by atoms with Gasteiger partial charge in [0.15, 0.2) is 29.2 Å². The number of carbonyl (C=O) groups is 1. The summed E-state index contributed by atoms with van der Waals surface area (Å²) in [7, 11) is 0. The maximum Gasteiger partial charge on any atom is 0.200 e. The van der Waals surface area contributed by atoms with E-state index in [1.807, 2.05) is 30.5 Å². The predicted octanol–water partition coefficient (Wildman–Crippen LogP) is 7.99. The van der Waals surface area contributed by atoms with Crippen molar-refractivity contribution in [3.63, 3.8) is 0 Å². The third-order valence-corrected chi connectivity index (χ3v) is 13.2. The van der Waals surface area contributed by atoms with Gasteiger partial charge in [-0.3, -0.25) is 10.5 Å². The van der Waals surface area contributed by atoms with Crippen LogP contribution in [0.3, 0.4) is 0 Å². The van der Waals surface area contributed by atoms with Crippen molar-refractivity contribution < 1.29 is 39.8 Å². The highest BCUT2D eigenvalue weighted by molar-refractivity contribution is 5.84. The Labute approximate surface area is 339 Å². The second-order valence-corrected chi connectivity index (χ2v) is 16.6. The number of phenolic OH excluding ortho intramolecular Hbond substituents is 4. The number of aliphatic hydroxyl groups is 1. The lowest BCUT2D eigenvalue weighted by atomic mass is 9.57. The summed E-state index contributed by atoms with van der Waals surface area (Å²) >= 11 is 0. The summed E-state index contributed by atoms with van der Waals surface area (Å²) in [6, 6.07) is 24.8. The number of aliphatic hydroxyl groups excluding tert-OH is 1. The van der Waals surface area contributed by atoms with Crippen molar-refractivity contribution in [2.75, 3.05) is 6.73 Å². The van der Waals surface area contributed by atoms with E-state index < -0.39 is 12.0 Å². The number of phenols is 4. The van der Waals surface area contributed by atoms with Crippen LogP contribution in [0, 0.1) is 35.6 Å². The number of benzene rings is 4. The van der Waals surface area contributed by atoms with Crippen LogP contribution in [0.25, 0.3) is 0 Å². The third-order valence-electron chi connectivity index (χ3n) is 13.2. The number of fused-ring (bicyclic) bond motifs is 1. The Morgan fingerprint density at radius 2 is 1.67 bits per heavy atom. The number of nitrogens with zero attached hydrogens (tertiary/aromatic N) is 1. The molecule has 58 heavy (non-hydrogen) atoms. The highest BCUT2D eigenvalue weighted by Gasteiger charge is 2.57. The maximum atomic E-state index is 14.5. The number of hydrogen-bond acceptors (Lipinski definition) is 10. The van der Waals surface area contributed by atoms with Crippen LogP contribution >= 0.6 is 0 Å². The molecule has 2 bridgehead atoms. The number of hydrogen-bond donors (Lipinski definition) is 6. The summed E-state index contributed by atoms with van der Waals surface area (Å²) in [5.41, 5.74) is 11.1. The summed E-state index contributed by atoms with van der Waals surface area (Å²) in [4.78, 5) is 19.2. The first-order valence-electron chi connectivity index (χ1n) is 20.6. The summed E-state index contributed by atoms with van der Waals surface area (Å²) in [5, 5.41) is 56.0. The lowest BCUT2D eigenvalue weighted by Gasteiger charge is -2.48. The third kappa shape index (κ3) is 7.87. The minimum Gasteiger partial charge on any atom is -0.508 e. The molecule has 10 nitrogen and oxygen atoms in total. The van der Waals surface area contributed by atoms with Crippen molar-refractivity contribution in [3.8, 4) is 34.5 Å². The molecule has 5 aliphatic rings. The van der Waals surface area contributed by atoms with E-state index in [-0.39, 0.29) is 95.5 Å². The zero-order chi connectivity index (χ0) is 40.5. The summed E-state index contributed by atoms with van der Waals surface area (Å²) in [6.07, 6.45) is 8.11. The van der Waals surface area contributed by atoms with E-state index in [0.717, 1.165) is 60.4 Å². The van der Waals surface area contributed by atoms with Gasteiger partial charge in [0.2, 0.25) is 5.75 Å². The maximum absolute atomic E-state index is 14.5. The van der Waals surface area contributed by atoms with Gasteiger partial charge < -0.3 is 35.0 Å². The number of aryl methyl sites for hydroxylation is 1. The van der Waals surface area contributed by atoms with Crippen LogP contribution in [-0.4, -0.2) is 50.4 Å². The molecule has 8 unspecified atom stereocenters. The molecule has 4 aromatic carbocycles. The van der Waals surface area contributed by atoms with Crippen molar-refractivity contribution in [2.45, 2.75) is 82.8 Å². The lowest BCUT2D eigenvalue weighted by Crippen LogP contribution is -2.49. The van der Waals surface area contributed by atoms with E-state index in [2.05, 4.69) is 30.1 Å². The van der Waals surface area contributed by atoms with Gasteiger partial charge in [-0.25, -0.2) is 0 Å². The molecule has 4 aliphatic carbocycles. The topological polar surface area (TPSA) is 175 Å². The van der Waals surface area contributed by atoms with Crippen LogP contribution in [0.1, 0.15) is 85.1 Å². The van der Waals surface area contributed by atoms with E-state index in [0.29, 0.717) is 18.4 Å². The van der Waals surface area contributed by atoms with E-state index >= 15 is 0 Å². The Morgan fingerprint density at radius 1 is 0.862 bits per heavy atom. The van der Waals surface area contributed by atoms with E-state index in [1.54, 1.807) is 42.5 Å². The molecule has 7 N–H and O–H groups in total. The molecule has 302 valence electrons. The minimum absolute atomic E-state index is 0.0116. The normalized spacial score (nSPS) is 25.8. The van der Waals surface area contributed by atoms with Crippen molar-refractivity contribution >= 4 is 12.0 Å². The minimum atomic E-state index is -0.950. The molecule has 8 atom stereocenters. The molecule has 1 aliphatic heterocycles. The molecular weight excluding hydrogens is 733 g/mol. The quantitative estimate of drug-likeness (QED) is 0.0421. The van der Waals surface area contributed by atoms with Gasteiger partial charge in [0.05, 0.1) is 12.2 Å². The van der Waals surface area contributed by atoms with Crippen LogP contribution in [0.4, 0.5) is 0 Å². The molecule has 1 heterocycles. The van der Waals surface area contributed by atoms with Crippen LogP contribution in [0.15, 0.2) is 95.5 Å². The van der Waals surface area contributed by atoms with Crippen molar-refractivity contribution in [1.29, 1.82) is 0 Å². The largest absolute Gasteiger partial charge is 0.508 e. The lowest BCUT2D eigenvalue weighted by molar-refractivity contribution is -0.135. The number of aromatic hydroxyl groups is 4. The van der Waals surface area contributed by atoms with E-state index in [1.165, 1.54) is 5.56 Å². The number of Topliss-reactive ketones (excluding diaryl/α,β-unsaturated/α-hetero) is 1. The molecule has 2 fully saturated rings. The van der Waals surface area contributed by atoms with Crippen LogP contribution in [0.5, 0.6) is 34.5 Å². The standard InChI is InChI=1S/C48H52N2O8/c1-2-34-17-30(24-50-34)16-31-21-37(39(52)13-11-28-12-14-40(53)42(19-28)58-26-49)46(55)45-36(31)22-33-20-32(15-27-7-4-3-5-8-27)43(45)38-23-41(54)47(56)48(44(33)38)57-25-29-9-6-10-35(51)18-29/h3-10,12,14,17-19,23-24,31-33,36-37,43,45-46,55H,2,11,13,15-16,20-22,25-26,49H2,1H3,(H3-,51,53,54,56)/p+1. The summed E-state index contributed by atoms with van der Waals surface area (Å²) in [6.45, 7) is 2.07. The zero-order valence-corrected chi connectivity index (χ0v) is 32.8. The molecule has 10 heteroatoms. The predicted molar refractivity (Wildman–Crippen MR) is 221 cm³/mol. The SMILES string of the molecule is CC[C+]1C=C(CC2CC(C(=O)CCc3ccc(O)c(OCN)c3)C(O)C3C2CC2CC(Cc4ccccc4)C3c3cc(O)c(O)c(OCc4cccc(O)c4)c32)C=N1. The Hall–Kier alpha value is -5.45. The summed E-state index contributed by atoms with van der Waals surface area (Å²) in [5.74, 6) is -1.11. The number of allylic oxidation sites excluding steroid dienone is 1. The second kappa shape index (κ2) is 16.8. The number of aliphatic imine (C=N–C) groups is 1. The smallest absolute Gasteiger partial charge is 0.200 e. The monoisotopic (exact) mass is 785 g/mol. The van der Waals surface area contributed by atoms with Crippen molar-refractivity contribution in [1.82, 2.24) is 0 Å². The van der Waals surface area contributed by atoms with E-state index in [9.17, 15) is 30.3 Å². The Bertz CT molecular complexity index is 2190. The molecule has 0 amide bonds. The molecule has 0 aromatic heterocycles. The number of nitrogens with two attached hydrogens (primary N) is 1. The fourth-order valence-electron chi connectivity index (χ4n) is 10.7. The fourth-order valence-corrected chi connectivity index (χ4v) is 10.7. The zero-order valence-electron chi connectivity index (χ0n) is 32.8. The average Bonchev–Trinajstić information content (AvgIpc) is 3.55. The number of ether oxygens (including phenoxy) is 2. The van der Waals surface area contributed by atoms with E-state index in [4.69, 9.17) is 15.2 Å².